The van der Waals surface area contributed by atoms with Crippen LogP contribution in [0.15, 0.2) is 72.8 Å². The van der Waals surface area contributed by atoms with Crippen molar-refractivity contribution in [1.82, 2.24) is 10.2 Å². The lowest BCUT2D eigenvalue weighted by Gasteiger charge is -2.31. The van der Waals surface area contributed by atoms with E-state index in [1.165, 1.54) is 50.2 Å². The van der Waals surface area contributed by atoms with E-state index in [1.807, 2.05) is 30.5 Å². The number of sulfone groups is 1. The standard InChI is InChI=1S/C34H42N2O3S.C6H12O4S.C6H14/c1-4-10-27-16-17-28(21-25-12-6-5-7-13-25)36(27)23-26-15-18-30(31(22-26)29-14-9-8-11-24(29)2)33(37)35-32(34(38)39)19-20-40-3;1-5(6(7)8)3-4-11(2,9)10;1-4-5-6(2)3/h5-9,11-15,18,22,27-28,32H,4,10,16-17,19-21,23H2,1-3H3,(H,35,37)(H,38,39);5H,3-4H2,1-2H3,(H,7,8);6H,4-5H2,1-3H3/t27-,28?,32?;;/m0../s1. The number of amides is 1. The Bertz CT molecular complexity index is 1780. The number of carboxylic acid groups (broad SMARTS) is 2. The summed E-state index contributed by atoms with van der Waals surface area (Å²) in [4.78, 5) is 38.2. The van der Waals surface area contributed by atoms with E-state index in [1.54, 1.807) is 11.8 Å². The minimum absolute atomic E-state index is 0.0551. The minimum Gasteiger partial charge on any atom is -0.481 e. The molecule has 3 aromatic rings. The number of benzene rings is 3. The van der Waals surface area contributed by atoms with E-state index < -0.39 is 33.7 Å². The van der Waals surface area contributed by atoms with Crippen LogP contribution in [-0.2, 0) is 32.4 Å². The summed E-state index contributed by atoms with van der Waals surface area (Å²) < 4.78 is 21.1. The van der Waals surface area contributed by atoms with Crippen LogP contribution in [-0.4, -0.2) is 83.5 Å². The Kier molecular flexibility index (Phi) is 22.3. The van der Waals surface area contributed by atoms with Crippen LogP contribution >= 0.6 is 11.8 Å². The molecule has 1 heterocycles. The minimum atomic E-state index is -3.02. The molecular weight excluding hydrogens is 757 g/mol. The number of nitrogens with zero attached hydrogens (tertiary/aromatic N) is 1. The highest BCUT2D eigenvalue weighted by Crippen LogP contribution is 2.34. The van der Waals surface area contributed by atoms with Gasteiger partial charge in [0.15, 0.2) is 0 Å². The molecule has 0 saturated carbocycles. The molecule has 57 heavy (non-hydrogen) atoms. The van der Waals surface area contributed by atoms with Gasteiger partial charge in [0.2, 0.25) is 0 Å². The second-order valence-corrected chi connectivity index (χ2v) is 19.0. The van der Waals surface area contributed by atoms with Crippen molar-refractivity contribution in [3.8, 4) is 11.1 Å². The second kappa shape index (κ2) is 25.6. The number of hydrogen-bond donors (Lipinski definition) is 3. The van der Waals surface area contributed by atoms with Gasteiger partial charge in [-0.25, -0.2) is 13.2 Å². The highest BCUT2D eigenvalue weighted by atomic mass is 32.2. The molecule has 0 spiro atoms. The molecule has 0 radical (unpaired) electrons. The molecule has 4 rings (SSSR count). The molecule has 9 nitrogen and oxygen atoms in total. The first-order valence-corrected chi connectivity index (χ1v) is 23.9. The smallest absolute Gasteiger partial charge is 0.326 e. The molecule has 316 valence electrons. The Morgan fingerprint density at radius 1 is 0.825 bits per heavy atom. The number of aliphatic carboxylic acids is 2. The molecule has 1 aliphatic rings. The molecule has 11 heteroatoms. The normalized spacial score (nSPS) is 16.4. The van der Waals surface area contributed by atoms with Gasteiger partial charge < -0.3 is 15.5 Å². The van der Waals surface area contributed by atoms with Crippen LogP contribution < -0.4 is 5.32 Å². The van der Waals surface area contributed by atoms with Gasteiger partial charge in [-0.1, -0.05) is 115 Å². The maximum absolute atomic E-state index is 13.5. The van der Waals surface area contributed by atoms with E-state index in [-0.39, 0.29) is 18.1 Å². The second-order valence-electron chi connectivity index (χ2n) is 15.7. The van der Waals surface area contributed by atoms with Crippen molar-refractivity contribution in [2.45, 2.75) is 124 Å². The van der Waals surface area contributed by atoms with Gasteiger partial charge in [0.25, 0.3) is 5.91 Å². The predicted octanol–water partition coefficient (Wildman–Crippen LogP) is 9.56. The topological polar surface area (TPSA) is 141 Å². The van der Waals surface area contributed by atoms with E-state index in [9.17, 15) is 27.9 Å². The van der Waals surface area contributed by atoms with Crippen molar-refractivity contribution in [3.63, 3.8) is 0 Å². The quantitative estimate of drug-likeness (QED) is 0.108. The summed E-state index contributed by atoms with van der Waals surface area (Å²) in [5, 5.41) is 20.9. The highest BCUT2D eigenvalue weighted by Gasteiger charge is 2.33. The third-order valence-corrected chi connectivity index (χ3v) is 11.9. The number of carbonyl (C=O) groups excluding carboxylic acids is 1. The third kappa shape index (κ3) is 18.2. The van der Waals surface area contributed by atoms with Gasteiger partial charge in [0, 0.05) is 30.4 Å². The van der Waals surface area contributed by atoms with Crippen LogP contribution in [0.1, 0.15) is 113 Å². The van der Waals surface area contributed by atoms with Crippen molar-refractivity contribution in [1.29, 1.82) is 0 Å². The summed E-state index contributed by atoms with van der Waals surface area (Å²) >= 11 is 1.57. The SMILES string of the molecule is CC(CCS(C)(=O)=O)C(=O)O.CCCC(C)C.CCC[C@H]1CCC(Cc2ccccc2)N1Cc1ccc(C(=O)NC(CCSC)C(=O)O)c(-c2ccccc2C)c1. The van der Waals surface area contributed by atoms with Gasteiger partial charge in [-0.15, -0.1) is 0 Å². The fraction of sp³-hybridized carbons (Fsp3) is 0.543. The number of likely N-dealkylation sites (tertiary alicyclic amines) is 1. The van der Waals surface area contributed by atoms with E-state index in [0.29, 0.717) is 29.8 Å². The number of thioether (sulfide) groups is 1. The molecule has 3 aromatic carbocycles. The summed E-state index contributed by atoms with van der Waals surface area (Å²) in [6.07, 6.45) is 12.1. The average molecular weight is 825 g/mol. The van der Waals surface area contributed by atoms with Gasteiger partial charge in [0.1, 0.15) is 15.9 Å². The Labute approximate surface area is 347 Å². The molecule has 1 saturated heterocycles. The molecule has 0 aromatic heterocycles. The zero-order valence-electron chi connectivity index (χ0n) is 35.5. The monoisotopic (exact) mass is 824 g/mol. The van der Waals surface area contributed by atoms with Crippen LogP contribution in [0, 0.1) is 18.8 Å². The zero-order chi connectivity index (χ0) is 42.5. The molecular formula is C46H68N2O7S2. The first kappa shape index (κ1) is 49.5. The van der Waals surface area contributed by atoms with Crippen LogP contribution in [0.25, 0.3) is 11.1 Å². The highest BCUT2D eigenvalue weighted by molar-refractivity contribution is 7.98. The number of carbonyl (C=O) groups is 3. The van der Waals surface area contributed by atoms with Crippen LogP contribution in [0.4, 0.5) is 0 Å². The van der Waals surface area contributed by atoms with Crippen molar-refractivity contribution < 1.29 is 33.0 Å². The van der Waals surface area contributed by atoms with Crippen molar-refractivity contribution in [2.75, 3.05) is 24.0 Å². The molecule has 0 bridgehead atoms. The number of carboxylic acids is 2. The van der Waals surface area contributed by atoms with Crippen LogP contribution in [0.5, 0.6) is 0 Å². The fourth-order valence-electron chi connectivity index (χ4n) is 7.04. The van der Waals surface area contributed by atoms with Gasteiger partial charge in [-0.3, -0.25) is 14.5 Å². The first-order valence-electron chi connectivity index (χ1n) is 20.4. The summed E-state index contributed by atoms with van der Waals surface area (Å²) in [6.45, 7) is 13.4. The molecule has 1 aliphatic heterocycles. The number of aryl methyl sites for hydroxylation is 1. The molecule has 1 fully saturated rings. The molecule has 0 aliphatic carbocycles. The maximum atomic E-state index is 13.5. The fourth-order valence-corrected chi connectivity index (χ4v) is 8.29. The average Bonchev–Trinajstić information content (AvgIpc) is 3.52. The number of hydrogen-bond acceptors (Lipinski definition) is 7. The Morgan fingerprint density at radius 3 is 2.02 bits per heavy atom. The molecule has 4 atom stereocenters. The van der Waals surface area contributed by atoms with Gasteiger partial charge >= 0.3 is 11.9 Å². The van der Waals surface area contributed by atoms with Gasteiger partial charge in [0.05, 0.1) is 11.7 Å². The lowest BCUT2D eigenvalue weighted by Crippen LogP contribution is -2.41. The van der Waals surface area contributed by atoms with Crippen molar-refractivity contribution in [3.05, 3.63) is 95.1 Å². The van der Waals surface area contributed by atoms with Gasteiger partial charge in [-0.05, 0) is 103 Å². The van der Waals surface area contributed by atoms with Crippen LogP contribution in [0.2, 0.25) is 0 Å². The van der Waals surface area contributed by atoms with Gasteiger partial charge in [-0.2, -0.15) is 11.8 Å². The molecule has 1 amide bonds. The van der Waals surface area contributed by atoms with E-state index in [4.69, 9.17) is 5.11 Å². The summed E-state index contributed by atoms with van der Waals surface area (Å²) in [7, 11) is -3.02. The van der Waals surface area contributed by atoms with Crippen molar-refractivity contribution >= 4 is 39.4 Å². The summed E-state index contributed by atoms with van der Waals surface area (Å²) in [6, 6.07) is 25.0. The Morgan fingerprint density at radius 2 is 1.47 bits per heavy atom. The van der Waals surface area contributed by atoms with E-state index in [0.717, 1.165) is 48.3 Å². The zero-order valence-corrected chi connectivity index (χ0v) is 37.1. The summed E-state index contributed by atoms with van der Waals surface area (Å²) in [5.74, 6) is -1.36. The lowest BCUT2D eigenvalue weighted by atomic mass is 9.93. The Balaban J connectivity index is 0.000000550. The van der Waals surface area contributed by atoms with Crippen LogP contribution in [0.3, 0.4) is 0 Å². The number of nitrogens with one attached hydrogen (secondary N) is 1. The molecule has 3 N–H and O–H groups in total. The predicted molar refractivity (Wildman–Crippen MR) is 237 cm³/mol. The van der Waals surface area contributed by atoms with E-state index >= 15 is 0 Å². The largest absolute Gasteiger partial charge is 0.481 e. The number of rotatable bonds is 19. The summed E-state index contributed by atoms with van der Waals surface area (Å²) in [5.41, 5.74) is 5.99. The molecule has 3 unspecified atom stereocenters. The van der Waals surface area contributed by atoms with E-state index in [2.05, 4.69) is 93.4 Å². The Hall–Kier alpha value is -3.67. The maximum Gasteiger partial charge on any atom is 0.326 e. The third-order valence-electron chi connectivity index (χ3n) is 10.3. The first-order chi connectivity index (χ1) is 27.0. The lowest BCUT2D eigenvalue weighted by molar-refractivity contribution is -0.141. The van der Waals surface area contributed by atoms with Crippen molar-refractivity contribution in [2.24, 2.45) is 11.8 Å².